The van der Waals surface area contributed by atoms with Crippen LogP contribution < -0.4 is 10.2 Å². The normalized spacial score (nSPS) is 16.1. The number of hydrogen-bond acceptors (Lipinski definition) is 3. The summed E-state index contributed by atoms with van der Waals surface area (Å²) in [6.45, 7) is 1.89. The Hall–Kier alpha value is -4.19. The fourth-order valence-corrected chi connectivity index (χ4v) is 3.65. The van der Waals surface area contributed by atoms with Gasteiger partial charge in [0.15, 0.2) is 5.78 Å². The number of nitrogens with zero attached hydrogens (tertiary/aromatic N) is 1. The van der Waals surface area contributed by atoms with Gasteiger partial charge in [-0.05, 0) is 24.6 Å². The molecule has 0 aromatic heterocycles. The van der Waals surface area contributed by atoms with E-state index in [0.717, 1.165) is 10.5 Å². The van der Waals surface area contributed by atoms with Gasteiger partial charge in [0.05, 0.1) is 17.3 Å². The first-order valence-electron chi connectivity index (χ1n) is 9.77. The number of amides is 2. The van der Waals surface area contributed by atoms with Crippen LogP contribution in [0.1, 0.15) is 27.5 Å². The van der Waals surface area contributed by atoms with Gasteiger partial charge in [-0.3, -0.25) is 9.69 Å². The van der Waals surface area contributed by atoms with Gasteiger partial charge >= 0.3 is 12.0 Å². The van der Waals surface area contributed by atoms with Gasteiger partial charge in [0.25, 0.3) is 0 Å². The van der Waals surface area contributed by atoms with Gasteiger partial charge in [0.2, 0.25) is 0 Å². The van der Waals surface area contributed by atoms with Crippen molar-refractivity contribution in [2.24, 2.45) is 0 Å². The van der Waals surface area contributed by atoms with E-state index in [2.05, 4.69) is 5.32 Å². The molecule has 6 heteroatoms. The average molecular weight is 412 g/mol. The van der Waals surface area contributed by atoms with Crippen LogP contribution in [0.4, 0.5) is 10.5 Å². The molecule has 4 rings (SSSR count). The first kappa shape index (κ1) is 20.1. The number of anilines is 1. The molecule has 0 bridgehead atoms. The summed E-state index contributed by atoms with van der Waals surface area (Å²) < 4.78 is 0. The number of rotatable bonds is 5. The van der Waals surface area contributed by atoms with E-state index >= 15 is 0 Å². The summed E-state index contributed by atoms with van der Waals surface area (Å²) in [5.74, 6) is -1.81. The van der Waals surface area contributed by atoms with Gasteiger partial charge < -0.3 is 10.4 Å². The highest BCUT2D eigenvalue weighted by Crippen LogP contribution is 2.35. The molecule has 0 saturated heterocycles. The molecular formula is C25H20N2O4. The van der Waals surface area contributed by atoms with Gasteiger partial charge in [-0.15, -0.1) is 0 Å². The van der Waals surface area contributed by atoms with Crippen molar-refractivity contribution in [1.29, 1.82) is 0 Å². The molecule has 2 amide bonds. The Morgan fingerprint density at radius 2 is 1.45 bits per heavy atom. The fourth-order valence-electron chi connectivity index (χ4n) is 3.65. The second-order valence-corrected chi connectivity index (χ2v) is 7.23. The van der Waals surface area contributed by atoms with Crippen LogP contribution in [0, 0.1) is 6.92 Å². The topological polar surface area (TPSA) is 86.7 Å². The second kappa shape index (κ2) is 8.28. The van der Waals surface area contributed by atoms with E-state index in [1.54, 1.807) is 78.9 Å². The summed E-state index contributed by atoms with van der Waals surface area (Å²) in [7, 11) is 0. The van der Waals surface area contributed by atoms with Crippen LogP contribution in [0.3, 0.4) is 0 Å². The molecule has 0 saturated carbocycles. The molecule has 1 unspecified atom stereocenters. The molecule has 3 aromatic carbocycles. The Kier molecular flexibility index (Phi) is 5.37. The third kappa shape index (κ3) is 3.83. The maximum atomic E-state index is 13.5. The van der Waals surface area contributed by atoms with Crippen molar-refractivity contribution in [1.82, 2.24) is 5.32 Å². The van der Waals surface area contributed by atoms with Gasteiger partial charge in [0.1, 0.15) is 5.70 Å². The standard InChI is InChI=1S/C25H20N2O4/c1-16-12-14-19(15-13-16)27-22(24(29)30)20(23(28)18-10-6-3-7-11-18)21(26-25(27)31)17-8-4-2-5-9-17/h2-15,21H,1H3,(H,26,31)(H,29,30). The zero-order chi connectivity index (χ0) is 22.0. The molecule has 2 N–H and O–H groups in total. The van der Waals surface area contributed by atoms with E-state index in [0.29, 0.717) is 16.8 Å². The molecule has 1 aliphatic rings. The minimum absolute atomic E-state index is 0.00470. The Morgan fingerprint density at radius 1 is 0.871 bits per heavy atom. The molecule has 1 atom stereocenters. The van der Waals surface area contributed by atoms with Crippen LogP contribution in [-0.4, -0.2) is 22.9 Å². The van der Waals surface area contributed by atoms with Crippen LogP contribution in [0.2, 0.25) is 0 Å². The number of aliphatic carboxylic acids is 1. The lowest BCUT2D eigenvalue weighted by molar-refractivity contribution is -0.132. The van der Waals surface area contributed by atoms with E-state index in [9.17, 15) is 19.5 Å². The smallest absolute Gasteiger partial charge is 0.353 e. The van der Waals surface area contributed by atoms with E-state index < -0.39 is 23.8 Å². The maximum Gasteiger partial charge on any atom is 0.353 e. The number of nitrogens with one attached hydrogen (secondary N) is 1. The van der Waals surface area contributed by atoms with Crippen LogP contribution in [-0.2, 0) is 4.79 Å². The predicted molar refractivity (Wildman–Crippen MR) is 117 cm³/mol. The number of urea groups is 1. The average Bonchev–Trinajstić information content (AvgIpc) is 2.79. The summed E-state index contributed by atoms with van der Waals surface area (Å²) >= 11 is 0. The van der Waals surface area contributed by atoms with E-state index in [1.807, 2.05) is 13.0 Å². The Morgan fingerprint density at radius 3 is 2.03 bits per heavy atom. The van der Waals surface area contributed by atoms with Crippen molar-refractivity contribution < 1.29 is 19.5 Å². The van der Waals surface area contributed by atoms with Crippen molar-refractivity contribution in [2.75, 3.05) is 4.90 Å². The summed E-state index contributed by atoms with van der Waals surface area (Å²) in [4.78, 5) is 40.1. The predicted octanol–water partition coefficient (Wildman–Crippen LogP) is 4.49. The van der Waals surface area contributed by atoms with Gasteiger partial charge in [-0.25, -0.2) is 9.59 Å². The van der Waals surface area contributed by atoms with Crippen LogP contribution in [0.25, 0.3) is 0 Å². The zero-order valence-corrected chi connectivity index (χ0v) is 16.8. The first-order chi connectivity index (χ1) is 15.0. The quantitative estimate of drug-likeness (QED) is 0.605. The lowest BCUT2D eigenvalue weighted by atomic mass is 9.88. The maximum absolute atomic E-state index is 13.5. The summed E-state index contributed by atoms with van der Waals surface area (Å²) in [5.41, 5.74) is 1.95. The number of carbonyl (C=O) groups is 3. The van der Waals surface area contributed by atoms with Gasteiger partial charge in [-0.1, -0.05) is 78.4 Å². The SMILES string of the molecule is Cc1ccc(N2C(=O)NC(c3ccccc3)C(C(=O)c3ccccc3)=C2C(=O)O)cc1. The highest BCUT2D eigenvalue weighted by atomic mass is 16.4. The summed E-state index contributed by atoms with van der Waals surface area (Å²) in [6.07, 6.45) is 0. The van der Waals surface area contributed by atoms with Crippen molar-refractivity contribution >= 4 is 23.5 Å². The molecule has 3 aromatic rings. The fraction of sp³-hybridized carbons (Fsp3) is 0.0800. The molecular weight excluding hydrogens is 392 g/mol. The van der Waals surface area contributed by atoms with Gasteiger partial charge in [0, 0.05) is 5.56 Å². The Labute approximate surface area is 179 Å². The molecule has 154 valence electrons. The van der Waals surface area contributed by atoms with E-state index in [-0.39, 0.29) is 11.3 Å². The molecule has 0 aliphatic carbocycles. The third-order valence-corrected chi connectivity index (χ3v) is 5.15. The van der Waals surface area contributed by atoms with Crippen LogP contribution in [0.15, 0.2) is 96.2 Å². The first-order valence-corrected chi connectivity index (χ1v) is 9.77. The van der Waals surface area contributed by atoms with Crippen LogP contribution >= 0.6 is 0 Å². The molecule has 1 heterocycles. The summed E-state index contributed by atoms with van der Waals surface area (Å²) in [6, 6.07) is 22.7. The minimum Gasteiger partial charge on any atom is -0.477 e. The Balaban J connectivity index is 1.97. The number of carbonyl (C=O) groups excluding carboxylic acids is 2. The number of aryl methyl sites for hydroxylation is 1. The minimum atomic E-state index is -1.35. The second-order valence-electron chi connectivity index (χ2n) is 7.23. The largest absolute Gasteiger partial charge is 0.477 e. The van der Waals surface area contributed by atoms with Crippen molar-refractivity contribution in [3.05, 3.63) is 113 Å². The number of carboxylic acid groups (broad SMARTS) is 1. The van der Waals surface area contributed by atoms with Crippen molar-refractivity contribution in [2.45, 2.75) is 13.0 Å². The molecule has 0 fully saturated rings. The molecule has 0 radical (unpaired) electrons. The van der Waals surface area contributed by atoms with E-state index in [4.69, 9.17) is 0 Å². The molecule has 6 nitrogen and oxygen atoms in total. The third-order valence-electron chi connectivity index (χ3n) is 5.15. The van der Waals surface area contributed by atoms with E-state index in [1.165, 1.54) is 0 Å². The molecule has 1 aliphatic heterocycles. The highest BCUT2D eigenvalue weighted by molar-refractivity contribution is 6.19. The number of benzene rings is 3. The Bertz CT molecular complexity index is 1170. The number of carboxylic acids is 1. The summed E-state index contributed by atoms with van der Waals surface area (Å²) in [5, 5.41) is 13.0. The monoisotopic (exact) mass is 412 g/mol. The number of Topliss-reactive ketones (excluding diaryl/α,β-unsaturated/α-hetero) is 1. The number of hydrogen-bond donors (Lipinski definition) is 2. The molecule has 0 spiro atoms. The zero-order valence-electron chi connectivity index (χ0n) is 16.8. The highest BCUT2D eigenvalue weighted by Gasteiger charge is 2.41. The lowest BCUT2D eigenvalue weighted by Gasteiger charge is -2.35. The van der Waals surface area contributed by atoms with Crippen LogP contribution in [0.5, 0.6) is 0 Å². The number of ketones is 1. The van der Waals surface area contributed by atoms with Crippen molar-refractivity contribution in [3.8, 4) is 0 Å². The van der Waals surface area contributed by atoms with Crippen molar-refractivity contribution in [3.63, 3.8) is 0 Å². The molecule has 31 heavy (non-hydrogen) atoms. The van der Waals surface area contributed by atoms with Gasteiger partial charge in [-0.2, -0.15) is 0 Å². The lowest BCUT2D eigenvalue weighted by Crippen LogP contribution is -2.50.